The SMILES string of the molecule is CCC[C@H](C(=O)c1ccc(C(=O)OC)cc1)N1CCCC1. The van der Waals surface area contributed by atoms with Gasteiger partial charge in [-0.15, -0.1) is 0 Å². The van der Waals surface area contributed by atoms with Gasteiger partial charge in [0, 0.05) is 5.56 Å². The summed E-state index contributed by atoms with van der Waals surface area (Å²) in [6.45, 7) is 4.13. The number of ketones is 1. The molecule has 0 radical (unpaired) electrons. The lowest BCUT2D eigenvalue weighted by atomic mass is 9.98. The van der Waals surface area contributed by atoms with Crippen LogP contribution in [0.5, 0.6) is 0 Å². The molecule has 0 aromatic heterocycles. The van der Waals surface area contributed by atoms with E-state index >= 15 is 0 Å². The Kier molecular flexibility index (Phi) is 5.51. The highest BCUT2D eigenvalue weighted by molar-refractivity contribution is 6.01. The highest BCUT2D eigenvalue weighted by Gasteiger charge is 2.28. The van der Waals surface area contributed by atoms with E-state index in [1.807, 2.05) is 0 Å². The third-order valence-electron chi connectivity index (χ3n) is 4.04. The van der Waals surface area contributed by atoms with E-state index in [4.69, 9.17) is 0 Å². The molecule has 0 saturated carbocycles. The lowest BCUT2D eigenvalue weighted by Gasteiger charge is -2.26. The van der Waals surface area contributed by atoms with Crippen LogP contribution in [0.4, 0.5) is 0 Å². The molecule has 1 aliphatic heterocycles. The number of methoxy groups -OCH3 is 1. The van der Waals surface area contributed by atoms with Gasteiger partial charge in [-0.2, -0.15) is 0 Å². The zero-order valence-corrected chi connectivity index (χ0v) is 12.8. The Bertz CT molecular complexity index is 489. The van der Waals surface area contributed by atoms with Crippen molar-refractivity contribution in [2.75, 3.05) is 20.2 Å². The van der Waals surface area contributed by atoms with Crippen molar-refractivity contribution in [3.63, 3.8) is 0 Å². The van der Waals surface area contributed by atoms with E-state index in [1.54, 1.807) is 24.3 Å². The van der Waals surface area contributed by atoms with Crippen LogP contribution in [0.1, 0.15) is 53.3 Å². The molecule has 0 N–H and O–H groups in total. The van der Waals surface area contributed by atoms with Gasteiger partial charge in [0.2, 0.25) is 0 Å². The van der Waals surface area contributed by atoms with Gasteiger partial charge in [-0.05, 0) is 44.5 Å². The molecular weight excluding hydrogens is 266 g/mol. The average molecular weight is 289 g/mol. The second-order valence-corrected chi connectivity index (χ2v) is 5.48. The number of Topliss-reactive ketones (excluding diaryl/α,β-unsaturated/α-hetero) is 1. The van der Waals surface area contributed by atoms with Gasteiger partial charge in [0.15, 0.2) is 5.78 Å². The molecule has 1 fully saturated rings. The summed E-state index contributed by atoms with van der Waals surface area (Å²) in [5.74, 6) is -0.214. The van der Waals surface area contributed by atoms with E-state index in [0.717, 1.165) is 25.9 Å². The first-order chi connectivity index (χ1) is 10.2. The van der Waals surface area contributed by atoms with E-state index in [1.165, 1.54) is 20.0 Å². The Morgan fingerprint density at radius 2 is 1.71 bits per heavy atom. The lowest BCUT2D eigenvalue weighted by molar-refractivity contribution is 0.0600. The van der Waals surface area contributed by atoms with Crippen molar-refractivity contribution in [3.05, 3.63) is 35.4 Å². The fourth-order valence-electron chi connectivity index (χ4n) is 2.89. The van der Waals surface area contributed by atoms with Gasteiger partial charge in [-0.25, -0.2) is 4.79 Å². The maximum atomic E-state index is 12.7. The molecule has 4 heteroatoms. The van der Waals surface area contributed by atoms with Crippen molar-refractivity contribution in [2.24, 2.45) is 0 Å². The number of hydrogen-bond acceptors (Lipinski definition) is 4. The second kappa shape index (κ2) is 7.36. The standard InChI is InChI=1S/C17H23NO3/c1-3-6-15(18-11-4-5-12-18)16(19)13-7-9-14(10-8-13)17(20)21-2/h7-10,15H,3-6,11-12H2,1-2H3/t15-/m1/s1. The minimum atomic E-state index is -0.376. The molecule has 0 aliphatic carbocycles. The molecule has 4 nitrogen and oxygen atoms in total. The summed E-state index contributed by atoms with van der Waals surface area (Å²) < 4.78 is 4.67. The molecule has 2 rings (SSSR count). The number of rotatable bonds is 6. The zero-order valence-electron chi connectivity index (χ0n) is 12.8. The summed E-state index contributed by atoms with van der Waals surface area (Å²) >= 11 is 0. The van der Waals surface area contributed by atoms with Crippen molar-refractivity contribution in [1.82, 2.24) is 4.90 Å². The first-order valence-corrected chi connectivity index (χ1v) is 7.64. The van der Waals surface area contributed by atoms with Crippen LogP contribution in [0.25, 0.3) is 0 Å². The van der Waals surface area contributed by atoms with Crippen LogP contribution in [0, 0.1) is 0 Å². The normalized spacial score (nSPS) is 16.7. The Morgan fingerprint density at radius 3 is 2.24 bits per heavy atom. The minimum absolute atomic E-state index is 0.0264. The zero-order chi connectivity index (χ0) is 15.2. The Hall–Kier alpha value is -1.68. The molecule has 0 amide bonds. The van der Waals surface area contributed by atoms with E-state index in [2.05, 4.69) is 16.6 Å². The molecule has 0 spiro atoms. The number of esters is 1. The number of carbonyl (C=O) groups is 2. The van der Waals surface area contributed by atoms with E-state index in [9.17, 15) is 9.59 Å². The lowest BCUT2D eigenvalue weighted by Crippen LogP contribution is -2.39. The summed E-state index contributed by atoms with van der Waals surface area (Å²) in [6.07, 6.45) is 4.23. The first kappa shape index (κ1) is 15.7. The molecule has 0 bridgehead atoms. The van der Waals surface area contributed by atoms with Crippen LogP contribution in [-0.4, -0.2) is 42.9 Å². The predicted molar refractivity (Wildman–Crippen MR) is 81.6 cm³/mol. The number of nitrogens with zero attached hydrogens (tertiary/aromatic N) is 1. The van der Waals surface area contributed by atoms with Crippen LogP contribution < -0.4 is 0 Å². The maximum Gasteiger partial charge on any atom is 0.337 e. The largest absolute Gasteiger partial charge is 0.465 e. The summed E-state index contributed by atoms with van der Waals surface area (Å²) in [6, 6.07) is 6.75. The van der Waals surface area contributed by atoms with Crippen molar-refractivity contribution in [3.8, 4) is 0 Å². The molecule has 1 heterocycles. The number of ether oxygens (including phenoxy) is 1. The molecule has 21 heavy (non-hydrogen) atoms. The quantitative estimate of drug-likeness (QED) is 0.597. The Morgan fingerprint density at radius 1 is 1.14 bits per heavy atom. The summed E-state index contributed by atoms with van der Waals surface area (Å²) in [5, 5.41) is 0. The minimum Gasteiger partial charge on any atom is -0.465 e. The highest BCUT2D eigenvalue weighted by Crippen LogP contribution is 2.20. The Labute approximate surface area is 126 Å². The van der Waals surface area contributed by atoms with E-state index in [-0.39, 0.29) is 17.8 Å². The highest BCUT2D eigenvalue weighted by atomic mass is 16.5. The van der Waals surface area contributed by atoms with Gasteiger partial charge in [0.1, 0.15) is 0 Å². The van der Waals surface area contributed by atoms with Crippen LogP contribution >= 0.6 is 0 Å². The molecule has 1 aliphatic rings. The van der Waals surface area contributed by atoms with Crippen LogP contribution in [-0.2, 0) is 4.74 Å². The summed E-state index contributed by atoms with van der Waals surface area (Å²) in [5.41, 5.74) is 1.15. The number of likely N-dealkylation sites (tertiary alicyclic amines) is 1. The molecule has 1 saturated heterocycles. The topological polar surface area (TPSA) is 46.6 Å². The second-order valence-electron chi connectivity index (χ2n) is 5.48. The van der Waals surface area contributed by atoms with Crippen molar-refractivity contribution >= 4 is 11.8 Å². The molecule has 114 valence electrons. The molecule has 1 aromatic rings. The van der Waals surface area contributed by atoms with Gasteiger partial charge < -0.3 is 4.74 Å². The molecule has 0 unspecified atom stereocenters. The smallest absolute Gasteiger partial charge is 0.337 e. The monoisotopic (exact) mass is 289 g/mol. The third kappa shape index (κ3) is 3.70. The maximum absolute atomic E-state index is 12.7. The van der Waals surface area contributed by atoms with Crippen LogP contribution in [0.2, 0.25) is 0 Å². The van der Waals surface area contributed by atoms with Crippen molar-refractivity contribution in [2.45, 2.75) is 38.6 Å². The first-order valence-electron chi connectivity index (χ1n) is 7.64. The van der Waals surface area contributed by atoms with Gasteiger partial charge in [0.05, 0.1) is 18.7 Å². The Balaban J connectivity index is 2.14. The average Bonchev–Trinajstić information content (AvgIpc) is 3.05. The van der Waals surface area contributed by atoms with Gasteiger partial charge in [0.25, 0.3) is 0 Å². The van der Waals surface area contributed by atoms with Crippen molar-refractivity contribution < 1.29 is 14.3 Å². The van der Waals surface area contributed by atoms with E-state index in [0.29, 0.717) is 11.1 Å². The summed E-state index contributed by atoms with van der Waals surface area (Å²) in [7, 11) is 1.35. The third-order valence-corrected chi connectivity index (χ3v) is 4.04. The van der Waals surface area contributed by atoms with Crippen LogP contribution in [0.3, 0.4) is 0 Å². The number of hydrogen-bond donors (Lipinski definition) is 0. The van der Waals surface area contributed by atoms with E-state index < -0.39 is 0 Å². The van der Waals surface area contributed by atoms with Gasteiger partial charge in [-0.1, -0.05) is 25.5 Å². The van der Waals surface area contributed by atoms with Gasteiger partial charge in [-0.3, -0.25) is 9.69 Å². The number of carbonyl (C=O) groups excluding carboxylic acids is 2. The van der Waals surface area contributed by atoms with Crippen molar-refractivity contribution in [1.29, 1.82) is 0 Å². The van der Waals surface area contributed by atoms with Gasteiger partial charge >= 0.3 is 5.97 Å². The predicted octanol–water partition coefficient (Wildman–Crippen LogP) is 2.92. The van der Waals surface area contributed by atoms with Crippen LogP contribution in [0.15, 0.2) is 24.3 Å². The molecule has 1 aromatic carbocycles. The summed E-state index contributed by atoms with van der Waals surface area (Å²) in [4.78, 5) is 26.4. The fourth-order valence-corrected chi connectivity index (χ4v) is 2.89. The molecular formula is C17H23NO3. The molecule has 1 atom stereocenters. The fraction of sp³-hybridized carbons (Fsp3) is 0.529. The number of benzene rings is 1.